The normalized spacial score (nSPS) is 21.6. The van der Waals surface area contributed by atoms with Crippen molar-refractivity contribution >= 4 is 25.5 Å². The molecule has 0 amide bonds. The number of hydrogen-bond donors (Lipinski definition) is 2. The minimum Gasteiger partial charge on any atom is -0.399 e. The summed E-state index contributed by atoms with van der Waals surface area (Å²) in [6.45, 7) is 0. The van der Waals surface area contributed by atoms with Gasteiger partial charge in [-0.3, -0.25) is 0 Å². The van der Waals surface area contributed by atoms with Gasteiger partial charge in [0.25, 0.3) is 0 Å². The van der Waals surface area contributed by atoms with Crippen LogP contribution < -0.4 is 10.5 Å². The predicted octanol–water partition coefficient (Wildman–Crippen LogP) is -0.00310. The number of nitrogen functional groups attached to an aromatic ring is 1. The summed E-state index contributed by atoms with van der Waals surface area (Å²) in [5.74, 6) is -1.33. The van der Waals surface area contributed by atoms with Gasteiger partial charge in [-0.25, -0.2) is 25.9 Å². The van der Waals surface area contributed by atoms with Crippen molar-refractivity contribution in [3.8, 4) is 0 Å². The Labute approximate surface area is 110 Å². The molecule has 19 heavy (non-hydrogen) atoms. The molecule has 0 radical (unpaired) electrons. The number of nitrogens with one attached hydrogen (secondary N) is 1. The van der Waals surface area contributed by atoms with Crippen LogP contribution in [0.1, 0.15) is 0 Å². The summed E-state index contributed by atoms with van der Waals surface area (Å²) < 4.78 is 61.8. The van der Waals surface area contributed by atoms with E-state index in [0.29, 0.717) is 0 Å². The van der Waals surface area contributed by atoms with Gasteiger partial charge in [0.1, 0.15) is 10.7 Å². The topological polar surface area (TPSA) is 106 Å². The third kappa shape index (κ3) is 3.11. The van der Waals surface area contributed by atoms with Crippen LogP contribution in [-0.4, -0.2) is 28.6 Å². The Morgan fingerprint density at radius 3 is 2.63 bits per heavy atom. The van der Waals surface area contributed by atoms with Crippen molar-refractivity contribution in [2.24, 2.45) is 0 Å². The zero-order chi connectivity index (χ0) is 14.3. The smallest absolute Gasteiger partial charge is 0.244 e. The van der Waals surface area contributed by atoms with Crippen molar-refractivity contribution in [1.29, 1.82) is 0 Å². The average molecular weight is 306 g/mol. The van der Waals surface area contributed by atoms with E-state index in [-0.39, 0.29) is 11.4 Å². The molecule has 0 aliphatic carbocycles. The minimum atomic E-state index is -4.17. The molecule has 0 bridgehead atoms. The molecule has 1 aliphatic rings. The molecule has 1 unspecified atom stereocenters. The molecule has 1 aliphatic heterocycles. The maximum Gasteiger partial charge on any atom is 0.244 e. The van der Waals surface area contributed by atoms with E-state index < -0.39 is 36.6 Å². The number of nitrogens with two attached hydrogens (primary N) is 1. The molecule has 6 nitrogen and oxygen atoms in total. The molecule has 2 rings (SSSR count). The summed E-state index contributed by atoms with van der Waals surface area (Å²) in [6, 6.07) is 2.24. The van der Waals surface area contributed by atoms with Gasteiger partial charge in [-0.05, 0) is 18.2 Å². The molecule has 0 saturated heterocycles. The molecule has 104 valence electrons. The van der Waals surface area contributed by atoms with Crippen LogP contribution in [0.4, 0.5) is 10.1 Å². The average Bonchev–Trinajstić information content (AvgIpc) is 2.60. The van der Waals surface area contributed by atoms with E-state index in [1.54, 1.807) is 0 Å². The van der Waals surface area contributed by atoms with Gasteiger partial charge in [0, 0.05) is 11.1 Å². The van der Waals surface area contributed by atoms with Crippen molar-refractivity contribution < 1.29 is 21.2 Å². The molecular formula is C10H11FN2O4S2. The van der Waals surface area contributed by atoms with Crippen LogP contribution in [0.5, 0.6) is 0 Å². The van der Waals surface area contributed by atoms with Gasteiger partial charge in [0.2, 0.25) is 10.0 Å². The lowest BCUT2D eigenvalue weighted by molar-refractivity contribution is 0.553. The van der Waals surface area contributed by atoms with E-state index in [2.05, 4.69) is 4.72 Å². The number of sulfonamides is 1. The van der Waals surface area contributed by atoms with E-state index in [1.165, 1.54) is 12.1 Å². The first kappa shape index (κ1) is 14.0. The van der Waals surface area contributed by atoms with Crippen molar-refractivity contribution in [1.82, 2.24) is 4.72 Å². The number of anilines is 1. The lowest BCUT2D eigenvalue weighted by Crippen LogP contribution is -2.35. The highest BCUT2D eigenvalue weighted by atomic mass is 32.2. The molecule has 3 N–H and O–H groups in total. The van der Waals surface area contributed by atoms with Crippen molar-refractivity contribution in [2.45, 2.75) is 10.9 Å². The van der Waals surface area contributed by atoms with Crippen molar-refractivity contribution in [3.63, 3.8) is 0 Å². The molecule has 0 fully saturated rings. The van der Waals surface area contributed by atoms with E-state index in [4.69, 9.17) is 5.73 Å². The molecule has 1 atom stereocenters. The van der Waals surface area contributed by atoms with Crippen molar-refractivity contribution in [2.75, 3.05) is 11.5 Å². The summed E-state index contributed by atoms with van der Waals surface area (Å²) in [6.07, 6.45) is 1.21. The zero-order valence-electron chi connectivity index (χ0n) is 9.58. The van der Waals surface area contributed by atoms with Crippen molar-refractivity contribution in [3.05, 3.63) is 35.5 Å². The fourth-order valence-corrected chi connectivity index (χ4v) is 4.28. The number of benzene rings is 1. The van der Waals surface area contributed by atoms with Crippen LogP contribution in [-0.2, 0) is 19.9 Å². The van der Waals surface area contributed by atoms with Gasteiger partial charge in [0.15, 0.2) is 9.84 Å². The Bertz CT molecular complexity index is 741. The Kier molecular flexibility index (Phi) is 3.37. The molecule has 0 aromatic heterocycles. The fourth-order valence-electron chi connectivity index (χ4n) is 1.64. The highest BCUT2D eigenvalue weighted by Gasteiger charge is 2.28. The number of sulfone groups is 1. The standard InChI is InChI=1S/C10H11FN2O4S2/c11-9-2-1-7(12)5-10(9)19(16,17)13-8-3-4-18(14,15)6-8/h1-5,8,13H,6,12H2. The monoisotopic (exact) mass is 306 g/mol. The van der Waals surface area contributed by atoms with Gasteiger partial charge in [0.05, 0.1) is 11.8 Å². The van der Waals surface area contributed by atoms with Crippen LogP contribution in [0.25, 0.3) is 0 Å². The molecule has 1 aromatic rings. The lowest BCUT2D eigenvalue weighted by Gasteiger charge is -2.11. The molecule has 0 spiro atoms. The Balaban J connectivity index is 2.29. The van der Waals surface area contributed by atoms with Crippen LogP contribution in [0.15, 0.2) is 34.6 Å². The molecule has 9 heteroatoms. The van der Waals surface area contributed by atoms with Crippen LogP contribution in [0.3, 0.4) is 0 Å². The Morgan fingerprint density at radius 2 is 2.05 bits per heavy atom. The second kappa shape index (κ2) is 4.58. The maximum atomic E-state index is 13.5. The summed E-state index contributed by atoms with van der Waals surface area (Å²) in [7, 11) is -7.56. The first-order valence-electron chi connectivity index (χ1n) is 5.18. The SMILES string of the molecule is Nc1ccc(F)c(S(=O)(=O)NC2C=CS(=O)(=O)C2)c1. The zero-order valence-corrected chi connectivity index (χ0v) is 11.2. The quantitative estimate of drug-likeness (QED) is 0.764. The summed E-state index contributed by atoms with van der Waals surface area (Å²) in [5.41, 5.74) is 5.50. The number of halogens is 1. The summed E-state index contributed by atoms with van der Waals surface area (Å²) in [5, 5.41) is 0.926. The van der Waals surface area contributed by atoms with Gasteiger partial charge in [-0.2, -0.15) is 0 Å². The van der Waals surface area contributed by atoms with Gasteiger partial charge in [-0.1, -0.05) is 6.08 Å². The summed E-state index contributed by atoms with van der Waals surface area (Å²) in [4.78, 5) is -0.606. The second-order valence-corrected chi connectivity index (χ2v) is 7.69. The molecular weight excluding hydrogens is 295 g/mol. The summed E-state index contributed by atoms with van der Waals surface area (Å²) >= 11 is 0. The number of rotatable bonds is 3. The van der Waals surface area contributed by atoms with Crippen LogP contribution in [0, 0.1) is 5.82 Å². The van der Waals surface area contributed by atoms with Crippen LogP contribution in [0.2, 0.25) is 0 Å². The second-order valence-electron chi connectivity index (χ2n) is 4.08. The highest BCUT2D eigenvalue weighted by molar-refractivity contribution is 7.94. The van der Waals surface area contributed by atoms with E-state index >= 15 is 0 Å². The fraction of sp³-hybridized carbons (Fsp3) is 0.200. The lowest BCUT2D eigenvalue weighted by atomic mass is 10.3. The maximum absolute atomic E-state index is 13.5. The Hall–Kier alpha value is -1.45. The largest absolute Gasteiger partial charge is 0.399 e. The first-order valence-corrected chi connectivity index (χ1v) is 8.38. The van der Waals surface area contributed by atoms with Gasteiger partial charge >= 0.3 is 0 Å². The molecule has 1 aromatic carbocycles. The third-order valence-corrected chi connectivity index (χ3v) is 5.38. The molecule has 0 saturated carbocycles. The van der Waals surface area contributed by atoms with Crippen LogP contribution >= 0.6 is 0 Å². The Morgan fingerprint density at radius 1 is 1.37 bits per heavy atom. The minimum absolute atomic E-state index is 0.0939. The third-order valence-electron chi connectivity index (χ3n) is 2.48. The predicted molar refractivity (Wildman–Crippen MR) is 67.8 cm³/mol. The highest BCUT2D eigenvalue weighted by Crippen LogP contribution is 2.19. The van der Waals surface area contributed by atoms with E-state index in [9.17, 15) is 21.2 Å². The van der Waals surface area contributed by atoms with E-state index in [0.717, 1.165) is 17.5 Å². The van der Waals surface area contributed by atoms with E-state index in [1.807, 2.05) is 0 Å². The van der Waals surface area contributed by atoms with Gasteiger partial charge < -0.3 is 5.73 Å². The first-order chi connectivity index (χ1) is 8.70. The van der Waals surface area contributed by atoms with Gasteiger partial charge in [-0.15, -0.1) is 0 Å². The number of hydrogen-bond acceptors (Lipinski definition) is 5. The molecule has 1 heterocycles.